The number of carbonyl (C=O) groups is 2. The first-order valence-corrected chi connectivity index (χ1v) is 9.85. The van der Waals surface area contributed by atoms with E-state index in [9.17, 15) is 9.59 Å². The highest BCUT2D eigenvalue weighted by molar-refractivity contribution is 6.04. The van der Waals surface area contributed by atoms with Gasteiger partial charge < -0.3 is 15.4 Å². The number of hydrogen-bond donors (Lipinski definition) is 2. The van der Waals surface area contributed by atoms with E-state index in [1.165, 1.54) is 0 Å². The molecule has 8 heteroatoms. The largest absolute Gasteiger partial charge is 0.494 e. The molecular formula is C23H21N5O3. The van der Waals surface area contributed by atoms with Crippen molar-refractivity contribution in [1.82, 2.24) is 15.0 Å². The lowest BCUT2D eigenvalue weighted by atomic mass is 10.2. The van der Waals surface area contributed by atoms with Crippen LogP contribution in [0, 0.1) is 0 Å². The smallest absolute Gasteiger partial charge is 0.255 e. The van der Waals surface area contributed by atoms with Gasteiger partial charge in [-0.05, 0) is 67.6 Å². The Bertz CT molecular complexity index is 1200. The first-order chi connectivity index (χ1) is 15.1. The molecule has 0 saturated carbocycles. The fourth-order valence-corrected chi connectivity index (χ4v) is 3.08. The van der Waals surface area contributed by atoms with Crippen LogP contribution in [-0.4, -0.2) is 33.4 Å². The first kappa shape index (κ1) is 20.1. The number of fused-ring (bicyclic) bond motifs is 1. The SMILES string of the molecule is CCOc1ccc(NC(=O)c2ccc(NC(=O)Cn3nnc4ccccc43)cc2)cc1. The molecule has 156 valence electrons. The molecule has 1 heterocycles. The molecule has 2 N–H and O–H groups in total. The van der Waals surface area contributed by atoms with Gasteiger partial charge in [0, 0.05) is 16.9 Å². The van der Waals surface area contributed by atoms with Crippen molar-refractivity contribution in [3.05, 3.63) is 78.4 Å². The summed E-state index contributed by atoms with van der Waals surface area (Å²) in [6.45, 7) is 2.54. The highest BCUT2D eigenvalue weighted by atomic mass is 16.5. The molecule has 0 spiro atoms. The fraction of sp³-hybridized carbons (Fsp3) is 0.130. The number of nitrogens with zero attached hydrogens (tertiary/aromatic N) is 3. The van der Waals surface area contributed by atoms with Crippen molar-refractivity contribution in [1.29, 1.82) is 0 Å². The summed E-state index contributed by atoms with van der Waals surface area (Å²) in [5.41, 5.74) is 3.27. The number of anilines is 2. The Kier molecular flexibility index (Phi) is 5.89. The summed E-state index contributed by atoms with van der Waals surface area (Å²) in [5.74, 6) is 0.276. The first-order valence-electron chi connectivity index (χ1n) is 9.85. The molecule has 4 rings (SSSR count). The molecule has 3 aromatic carbocycles. The van der Waals surface area contributed by atoms with Crippen molar-refractivity contribution in [2.75, 3.05) is 17.2 Å². The molecule has 0 aliphatic heterocycles. The Morgan fingerprint density at radius 1 is 0.903 bits per heavy atom. The third kappa shape index (κ3) is 4.87. The van der Waals surface area contributed by atoms with Crippen molar-refractivity contribution < 1.29 is 14.3 Å². The quantitative estimate of drug-likeness (QED) is 0.479. The summed E-state index contributed by atoms with van der Waals surface area (Å²) in [7, 11) is 0. The molecule has 8 nitrogen and oxygen atoms in total. The zero-order valence-corrected chi connectivity index (χ0v) is 16.9. The Hall–Kier alpha value is -4.20. The standard InChI is InChI=1S/C23H21N5O3/c1-2-31-19-13-11-18(12-14-19)25-23(30)16-7-9-17(10-8-16)24-22(29)15-28-21-6-4-3-5-20(21)26-27-28/h3-14H,2,15H2,1H3,(H,24,29)(H,25,30). The predicted octanol–water partition coefficient (Wildman–Crippen LogP) is 3.72. The van der Waals surface area contributed by atoms with Crippen LogP contribution in [0.2, 0.25) is 0 Å². The van der Waals surface area contributed by atoms with E-state index < -0.39 is 0 Å². The van der Waals surface area contributed by atoms with E-state index in [1.807, 2.05) is 31.2 Å². The third-order valence-corrected chi connectivity index (χ3v) is 4.57. The van der Waals surface area contributed by atoms with Crippen molar-refractivity contribution in [2.45, 2.75) is 13.5 Å². The normalized spacial score (nSPS) is 10.6. The van der Waals surface area contributed by atoms with Crippen LogP contribution in [0.4, 0.5) is 11.4 Å². The number of aromatic nitrogens is 3. The van der Waals surface area contributed by atoms with E-state index in [1.54, 1.807) is 53.2 Å². The monoisotopic (exact) mass is 415 g/mol. The molecule has 31 heavy (non-hydrogen) atoms. The van der Waals surface area contributed by atoms with Crippen molar-refractivity contribution in [2.24, 2.45) is 0 Å². The second-order valence-corrected chi connectivity index (χ2v) is 6.77. The zero-order valence-electron chi connectivity index (χ0n) is 16.9. The number of amides is 2. The van der Waals surface area contributed by atoms with E-state index in [0.29, 0.717) is 23.5 Å². The average molecular weight is 415 g/mol. The van der Waals surface area contributed by atoms with Gasteiger partial charge in [0.15, 0.2) is 0 Å². The number of nitrogens with one attached hydrogen (secondary N) is 2. The molecule has 0 aliphatic rings. The topological polar surface area (TPSA) is 98.1 Å². The van der Waals surface area contributed by atoms with E-state index >= 15 is 0 Å². The molecule has 4 aromatic rings. The van der Waals surface area contributed by atoms with Gasteiger partial charge in [-0.3, -0.25) is 9.59 Å². The summed E-state index contributed by atoms with van der Waals surface area (Å²) in [6, 6.07) is 21.3. The van der Waals surface area contributed by atoms with Crippen molar-refractivity contribution >= 4 is 34.2 Å². The lowest BCUT2D eigenvalue weighted by Gasteiger charge is -2.09. The third-order valence-electron chi connectivity index (χ3n) is 4.57. The second-order valence-electron chi connectivity index (χ2n) is 6.77. The molecule has 2 amide bonds. The maximum atomic E-state index is 12.4. The van der Waals surface area contributed by atoms with Crippen LogP contribution in [0.3, 0.4) is 0 Å². The van der Waals surface area contributed by atoms with Crippen LogP contribution in [-0.2, 0) is 11.3 Å². The minimum Gasteiger partial charge on any atom is -0.494 e. The summed E-state index contributed by atoms with van der Waals surface area (Å²) in [5, 5.41) is 13.7. The van der Waals surface area contributed by atoms with E-state index in [2.05, 4.69) is 20.9 Å². The molecule has 0 radical (unpaired) electrons. The van der Waals surface area contributed by atoms with Crippen molar-refractivity contribution in [3.63, 3.8) is 0 Å². The molecule has 0 unspecified atom stereocenters. The molecule has 1 aromatic heterocycles. The summed E-state index contributed by atoms with van der Waals surface area (Å²) in [4.78, 5) is 24.8. The zero-order chi connectivity index (χ0) is 21.6. The van der Waals surface area contributed by atoms with Crippen LogP contribution in [0.15, 0.2) is 72.8 Å². The van der Waals surface area contributed by atoms with E-state index in [0.717, 1.165) is 16.8 Å². The number of para-hydroxylation sites is 1. The summed E-state index contributed by atoms with van der Waals surface area (Å²) in [6.07, 6.45) is 0. The highest BCUT2D eigenvalue weighted by Crippen LogP contribution is 2.17. The molecular weight excluding hydrogens is 394 g/mol. The van der Waals surface area contributed by atoms with Gasteiger partial charge in [-0.2, -0.15) is 0 Å². The Labute approximate surface area is 178 Å². The highest BCUT2D eigenvalue weighted by Gasteiger charge is 2.10. The maximum Gasteiger partial charge on any atom is 0.255 e. The van der Waals surface area contributed by atoms with E-state index in [4.69, 9.17) is 4.74 Å². The van der Waals surface area contributed by atoms with Gasteiger partial charge in [-0.25, -0.2) is 4.68 Å². The molecule has 0 atom stereocenters. The number of hydrogen-bond acceptors (Lipinski definition) is 5. The van der Waals surface area contributed by atoms with Gasteiger partial charge in [0.1, 0.15) is 17.8 Å². The predicted molar refractivity (Wildman–Crippen MR) is 118 cm³/mol. The fourth-order valence-electron chi connectivity index (χ4n) is 3.08. The minimum atomic E-state index is -0.240. The van der Waals surface area contributed by atoms with Gasteiger partial charge in [0.05, 0.1) is 12.1 Å². The summed E-state index contributed by atoms with van der Waals surface area (Å²) < 4.78 is 6.94. The van der Waals surface area contributed by atoms with Crippen LogP contribution in [0.25, 0.3) is 11.0 Å². The number of carbonyl (C=O) groups excluding carboxylic acids is 2. The number of ether oxygens (including phenoxy) is 1. The van der Waals surface area contributed by atoms with Gasteiger partial charge in [0.25, 0.3) is 5.91 Å². The van der Waals surface area contributed by atoms with Crippen LogP contribution in [0.5, 0.6) is 5.75 Å². The molecule has 0 saturated heterocycles. The van der Waals surface area contributed by atoms with Gasteiger partial charge in [-0.1, -0.05) is 17.3 Å². The van der Waals surface area contributed by atoms with Crippen LogP contribution < -0.4 is 15.4 Å². The van der Waals surface area contributed by atoms with Crippen LogP contribution in [0.1, 0.15) is 17.3 Å². The van der Waals surface area contributed by atoms with Gasteiger partial charge >= 0.3 is 0 Å². The minimum absolute atomic E-state index is 0.0422. The van der Waals surface area contributed by atoms with Gasteiger partial charge in [0.2, 0.25) is 5.91 Å². The van der Waals surface area contributed by atoms with Crippen molar-refractivity contribution in [3.8, 4) is 5.75 Å². The Morgan fingerprint density at radius 3 is 2.32 bits per heavy atom. The lowest BCUT2D eigenvalue weighted by molar-refractivity contribution is -0.116. The molecule has 0 aliphatic carbocycles. The second kappa shape index (κ2) is 9.08. The van der Waals surface area contributed by atoms with Crippen LogP contribution >= 0.6 is 0 Å². The lowest BCUT2D eigenvalue weighted by Crippen LogP contribution is -2.19. The van der Waals surface area contributed by atoms with Gasteiger partial charge in [-0.15, -0.1) is 5.10 Å². The summed E-state index contributed by atoms with van der Waals surface area (Å²) >= 11 is 0. The maximum absolute atomic E-state index is 12.4. The number of benzene rings is 3. The number of rotatable bonds is 7. The average Bonchev–Trinajstić information content (AvgIpc) is 3.18. The Balaban J connectivity index is 1.35. The van der Waals surface area contributed by atoms with E-state index in [-0.39, 0.29) is 18.4 Å². The molecule has 0 fully saturated rings. The molecule has 0 bridgehead atoms. The Morgan fingerprint density at radius 2 is 1.58 bits per heavy atom.